The van der Waals surface area contributed by atoms with Crippen molar-refractivity contribution in [2.75, 3.05) is 0 Å². The lowest BCUT2D eigenvalue weighted by molar-refractivity contribution is -0.166. The topological polar surface area (TPSA) is 55.5 Å². The molecule has 4 heteroatoms. The molecule has 4 rings (SSSR count). The molecule has 216 valence electrons. The van der Waals surface area contributed by atoms with E-state index in [-0.39, 0.29) is 11.1 Å². The first-order valence-corrected chi connectivity index (χ1v) is 19.0. The molecule has 0 aromatic carbocycles. The number of hydrogen-bond acceptors (Lipinski definition) is 3. The van der Waals surface area contributed by atoms with Crippen LogP contribution >= 0.6 is 0 Å². The number of fused-ring (bicyclic) bond motifs is 5. The van der Waals surface area contributed by atoms with E-state index in [1.165, 1.54) is 51.4 Å². The Morgan fingerprint density at radius 2 is 1.54 bits per heavy atom. The Morgan fingerprint density at radius 3 is 2.16 bits per heavy atom. The number of rotatable bonds is 7. The molecular weight excluding hydrogens is 470 g/mol. The molecule has 4 aliphatic rings. The van der Waals surface area contributed by atoms with Crippen LogP contribution in [0.3, 0.4) is 0 Å². The molecule has 4 aliphatic carbocycles. The summed E-state index contributed by atoms with van der Waals surface area (Å²) in [5.74, 6) is 4.62. The maximum atomic E-state index is 11.6. The molecule has 4 saturated carbocycles. The van der Waals surface area contributed by atoms with E-state index in [1.807, 2.05) is 0 Å². The molecule has 11 atom stereocenters. The smallest absolute Gasteiger partial charge is 0.192 e. The van der Waals surface area contributed by atoms with Crippen molar-refractivity contribution >= 4 is 8.32 Å². The summed E-state index contributed by atoms with van der Waals surface area (Å²) in [6.45, 7) is 24.4. The third-order valence-electron chi connectivity index (χ3n) is 13.4. The van der Waals surface area contributed by atoms with E-state index in [4.69, 9.17) is 10.2 Å². The van der Waals surface area contributed by atoms with Crippen molar-refractivity contribution in [3.63, 3.8) is 0 Å². The summed E-state index contributed by atoms with van der Waals surface area (Å²) in [5, 5.41) is 11.8. The van der Waals surface area contributed by atoms with Crippen molar-refractivity contribution in [3.8, 4) is 0 Å². The minimum Gasteiger partial charge on any atom is -0.414 e. The summed E-state index contributed by atoms with van der Waals surface area (Å²) < 4.78 is 6.96. The van der Waals surface area contributed by atoms with Crippen LogP contribution in [0.4, 0.5) is 0 Å². The quantitative estimate of drug-likeness (QED) is 0.323. The van der Waals surface area contributed by atoms with Crippen LogP contribution in [0.1, 0.15) is 120 Å². The van der Waals surface area contributed by atoms with Crippen molar-refractivity contribution in [2.45, 2.75) is 156 Å². The molecule has 0 amide bonds. The molecule has 37 heavy (non-hydrogen) atoms. The first-order valence-electron chi connectivity index (χ1n) is 16.1. The van der Waals surface area contributed by atoms with E-state index in [0.29, 0.717) is 52.6 Å². The first kappa shape index (κ1) is 30.1. The van der Waals surface area contributed by atoms with Crippen LogP contribution < -0.4 is 5.73 Å². The molecule has 0 radical (unpaired) electrons. The molecule has 0 aromatic rings. The highest BCUT2D eigenvalue weighted by Crippen LogP contribution is 2.68. The van der Waals surface area contributed by atoms with E-state index in [0.717, 1.165) is 24.7 Å². The number of nitrogens with two attached hydrogens (primary N) is 1. The first-order chi connectivity index (χ1) is 17.0. The zero-order chi connectivity index (χ0) is 27.6. The summed E-state index contributed by atoms with van der Waals surface area (Å²) in [5.41, 5.74) is 7.20. The lowest BCUT2D eigenvalue weighted by atomic mass is 9.43. The van der Waals surface area contributed by atoms with Crippen LogP contribution in [0.15, 0.2) is 0 Å². The Hall–Kier alpha value is 0.0969. The molecule has 0 bridgehead atoms. The minimum absolute atomic E-state index is 0.115. The number of aliphatic hydroxyl groups excluding tert-OH is 1. The molecule has 0 aromatic heterocycles. The third-order valence-corrected chi connectivity index (χ3v) is 17.9. The van der Waals surface area contributed by atoms with E-state index in [9.17, 15) is 5.11 Å². The van der Waals surface area contributed by atoms with Crippen molar-refractivity contribution in [1.82, 2.24) is 0 Å². The van der Waals surface area contributed by atoms with Crippen LogP contribution in [-0.2, 0) is 4.43 Å². The second-order valence-electron chi connectivity index (χ2n) is 16.8. The van der Waals surface area contributed by atoms with Gasteiger partial charge in [0.1, 0.15) is 0 Å². The fourth-order valence-corrected chi connectivity index (χ4v) is 11.4. The zero-order valence-corrected chi connectivity index (χ0v) is 27.3. The molecule has 0 saturated heterocycles. The minimum atomic E-state index is -1.77. The van der Waals surface area contributed by atoms with E-state index in [2.05, 4.69) is 68.5 Å². The maximum Gasteiger partial charge on any atom is 0.192 e. The molecular formula is C33H63NO2Si. The van der Waals surface area contributed by atoms with Gasteiger partial charge in [0.25, 0.3) is 0 Å². The predicted molar refractivity (Wildman–Crippen MR) is 160 cm³/mol. The van der Waals surface area contributed by atoms with E-state index < -0.39 is 8.32 Å². The van der Waals surface area contributed by atoms with Crippen LogP contribution in [0.5, 0.6) is 0 Å². The average molecular weight is 534 g/mol. The van der Waals surface area contributed by atoms with Crippen LogP contribution in [0, 0.1) is 52.3 Å². The Labute approximate surface area is 231 Å². The van der Waals surface area contributed by atoms with Gasteiger partial charge in [0.05, 0.1) is 6.10 Å². The van der Waals surface area contributed by atoms with Gasteiger partial charge in [-0.15, -0.1) is 0 Å². The second-order valence-corrected chi connectivity index (χ2v) is 21.5. The molecule has 0 heterocycles. The Kier molecular flexibility index (Phi) is 8.53. The van der Waals surface area contributed by atoms with Crippen molar-refractivity contribution in [2.24, 2.45) is 58.0 Å². The molecule has 0 aliphatic heterocycles. The average Bonchev–Trinajstić information content (AvgIpc) is 3.14. The van der Waals surface area contributed by atoms with Gasteiger partial charge in [-0.05, 0) is 135 Å². The predicted octanol–water partition coefficient (Wildman–Crippen LogP) is 8.41. The van der Waals surface area contributed by atoms with Gasteiger partial charge >= 0.3 is 0 Å². The van der Waals surface area contributed by atoms with Crippen molar-refractivity contribution < 1.29 is 9.53 Å². The van der Waals surface area contributed by atoms with Crippen LogP contribution in [0.25, 0.3) is 0 Å². The van der Waals surface area contributed by atoms with Crippen LogP contribution in [0.2, 0.25) is 18.1 Å². The summed E-state index contributed by atoms with van der Waals surface area (Å²) in [6, 6.07) is 0.350. The highest BCUT2D eigenvalue weighted by atomic mass is 28.4. The molecule has 1 unspecified atom stereocenters. The fourth-order valence-electron chi connectivity index (χ4n) is 9.94. The SMILES string of the molecule is CC(C)C(CC[C@@H](C)[C@H]1CC[C@H]2[C@@H]3[C@H](O)C[C@H]4C[C@@H](N)CC[C@]4(C)[C@H]3CC[C@]12C)O[Si](C)(C)C(C)(C)C. The van der Waals surface area contributed by atoms with Gasteiger partial charge < -0.3 is 15.3 Å². The zero-order valence-electron chi connectivity index (χ0n) is 26.3. The molecule has 3 nitrogen and oxygen atoms in total. The van der Waals surface area contributed by atoms with Crippen LogP contribution in [-0.4, -0.2) is 31.7 Å². The van der Waals surface area contributed by atoms with Gasteiger partial charge in [-0.2, -0.15) is 0 Å². The summed E-state index contributed by atoms with van der Waals surface area (Å²) in [4.78, 5) is 0. The van der Waals surface area contributed by atoms with E-state index in [1.54, 1.807) is 0 Å². The van der Waals surface area contributed by atoms with Crippen molar-refractivity contribution in [3.05, 3.63) is 0 Å². The third kappa shape index (κ3) is 5.41. The largest absolute Gasteiger partial charge is 0.414 e. The van der Waals surface area contributed by atoms with Gasteiger partial charge in [0.2, 0.25) is 0 Å². The fraction of sp³-hybridized carbons (Fsp3) is 1.00. The van der Waals surface area contributed by atoms with Gasteiger partial charge in [0.15, 0.2) is 8.32 Å². The normalized spacial score (nSPS) is 44.2. The Balaban J connectivity index is 1.44. The molecule has 4 fully saturated rings. The van der Waals surface area contributed by atoms with Gasteiger partial charge in [-0.1, -0.05) is 55.4 Å². The molecule has 3 N–H and O–H groups in total. The standard InChI is InChI=1S/C33H63NO2Si/c1-21(2)29(36-37(9,10)31(4,5)6)14-11-22(3)25-12-13-26-30-27(16-18-33(25,26)8)32(7)17-15-24(34)19-23(32)20-28(30)35/h21-30,35H,11-20,34H2,1-10H3/t22-,23-,24+,25-,26+,27+,28-,29?,30+,32+,33-/m1/s1. The highest BCUT2D eigenvalue weighted by Gasteiger charge is 2.62. The number of aliphatic hydroxyl groups is 1. The van der Waals surface area contributed by atoms with E-state index >= 15 is 0 Å². The Morgan fingerprint density at radius 1 is 0.919 bits per heavy atom. The highest BCUT2D eigenvalue weighted by molar-refractivity contribution is 6.74. The Bertz CT molecular complexity index is 792. The van der Waals surface area contributed by atoms with Gasteiger partial charge in [-0.25, -0.2) is 0 Å². The maximum absolute atomic E-state index is 11.6. The summed E-state index contributed by atoms with van der Waals surface area (Å²) in [7, 11) is -1.77. The van der Waals surface area contributed by atoms with Gasteiger partial charge in [-0.3, -0.25) is 0 Å². The van der Waals surface area contributed by atoms with Gasteiger partial charge in [0, 0.05) is 12.1 Å². The van der Waals surface area contributed by atoms with Crippen molar-refractivity contribution in [1.29, 1.82) is 0 Å². The lowest BCUT2D eigenvalue weighted by Crippen LogP contribution is -2.59. The number of hydrogen-bond donors (Lipinski definition) is 2. The second kappa shape index (κ2) is 10.5. The molecule has 0 spiro atoms. The summed E-state index contributed by atoms with van der Waals surface area (Å²) in [6.07, 6.45) is 12.7. The monoisotopic (exact) mass is 533 g/mol. The lowest BCUT2D eigenvalue weighted by Gasteiger charge is -2.62. The summed E-state index contributed by atoms with van der Waals surface area (Å²) >= 11 is 0.